The second kappa shape index (κ2) is 11.9. The maximum Gasteiger partial charge on any atom is 0.262 e. The van der Waals surface area contributed by atoms with E-state index in [1.54, 1.807) is 39.0 Å². The van der Waals surface area contributed by atoms with Crippen LogP contribution in [0, 0.1) is 12.7 Å². The molecule has 0 spiro atoms. The molecular formula is C27H27Cl2FN4O4. The van der Waals surface area contributed by atoms with Gasteiger partial charge in [-0.1, -0.05) is 23.2 Å². The molecule has 0 aliphatic carbocycles. The zero-order valence-electron chi connectivity index (χ0n) is 21.5. The Hall–Kier alpha value is -3.53. The zero-order chi connectivity index (χ0) is 28.2. The molecule has 3 rings (SSSR count). The number of hydrogen-bond acceptors (Lipinski definition) is 6. The lowest BCUT2D eigenvalue weighted by molar-refractivity contribution is -0.107. The van der Waals surface area contributed by atoms with Crippen LogP contribution in [-0.2, 0) is 21.7 Å². The van der Waals surface area contributed by atoms with Crippen molar-refractivity contribution in [2.75, 3.05) is 4.90 Å². The van der Waals surface area contributed by atoms with E-state index in [-0.39, 0.29) is 39.5 Å². The molecule has 0 bridgehead atoms. The van der Waals surface area contributed by atoms with Gasteiger partial charge < -0.3 is 9.84 Å². The number of aliphatic hydroxyl groups is 1. The van der Waals surface area contributed by atoms with Crippen molar-refractivity contribution in [3.05, 3.63) is 103 Å². The normalized spacial score (nSPS) is 12.7. The van der Waals surface area contributed by atoms with E-state index in [9.17, 15) is 19.1 Å². The molecule has 1 N–H and O–H groups in total. The van der Waals surface area contributed by atoms with Gasteiger partial charge in [-0.25, -0.2) is 9.37 Å². The van der Waals surface area contributed by atoms with Crippen LogP contribution < -0.4 is 10.5 Å². The van der Waals surface area contributed by atoms with Gasteiger partial charge in [0.05, 0.1) is 21.3 Å². The second-order valence-electron chi connectivity index (χ2n) is 9.01. The number of rotatable bonds is 9. The van der Waals surface area contributed by atoms with Crippen LogP contribution in [0.15, 0.2) is 70.2 Å². The molecular weight excluding hydrogens is 534 g/mol. The largest absolute Gasteiger partial charge is 0.486 e. The standard InChI is InChI=1S/C27H27Cl2FN4O4/c1-16-12-32-25(33-8-6-7-20(26(33)36)27(4,5)37)11-23(16)34(15-35)17(2)9-24(18(3)28)38-14-22-21(30)10-19(29)13-31-22/h6-13,15,37H,14H2,1-5H3/b17-9-,24-18-. The van der Waals surface area contributed by atoms with Gasteiger partial charge in [0.1, 0.15) is 29.7 Å². The summed E-state index contributed by atoms with van der Waals surface area (Å²) in [7, 11) is 0. The first-order chi connectivity index (χ1) is 17.8. The van der Waals surface area contributed by atoms with Gasteiger partial charge in [-0.2, -0.15) is 0 Å². The van der Waals surface area contributed by atoms with Crippen molar-refractivity contribution in [1.82, 2.24) is 14.5 Å². The molecule has 0 fully saturated rings. The average molecular weight is 561 g/mol. The number of amides is 1. The molecule has 0 aromatic carbocycles. The van der Waals surface area contributed by atoms with Gasteiger partial charge in [-0.05, 0) is 58.4 Å². The quantitative estimate of drug-likeness (QED) is 0.210. The molecule has 0 saturated heterocycles. The van der Waals surface area contributed by atoms with Gasteiger partial charge in [0.25, 0.3) is 5.56 Å². The molecule has 3 aromatic rings. The molecule has 11 heteroatoms. The molecule has 8 nitrogen and oxygen atoms in total. The van der Waals surface area contributed by atoms with E-state index in [2.05, 4.69) is 9.97 Å². The Labute approximate surface area is 229 Å². The van der Waals surface area contributed by atoms with Gasteiger partial charge in [0.2, 0.25) is 6.41 Å². The molecule has 0 radical (unpaired) electrons. The fourth-order valence-electron chi connectivity index (χ4n) is 3.56. The molecule has 0 atom stereocenters. The highest BCUT2D eigenvalue weighted by molar-refractivity contribution is 6.30. The van der Waals surface area contributed by atoms with Crippen LogP contribution in [0.2, 0.25) is 5.02 Å². The minimum atomic E-state index is -1.35. The van der Waals surface area contributed by atoms with Crippen LogP contribution in [0.1, 0.15) is 44.5 Å². The van der Waals surface area contributed by atoms with Crippen molar-refractivity contribution in [2.24, 2.45) is 0 Å². The SMILES string of the molecule is C/C(=C/C(OCc1ncc(Cl)cc1F)=C(\C)Cl)N(C=O)c1cc(-n2cccc(C(C)(C)O)c2=O)ncc1C. The fourth-order valence-corrected chi connectivity index (χ4v) is 3.81. The van der Waals surface area contributed by atoms with Crippen molar-refractivity contribution in [3.8, 4) is 5.82 Å². The summed E-state index contributed by atoms with van der Waals surface area (Å²) in [4.78, 5) is 34.9. The third-order valence-corrected chi connectivity index (χ3v) is 5.98. The van der Waals surface area contributed by atoms with Crippen LogP contribution in [0.25, 0.3) is 5.82 Å². The van der Waals surface area contributed by atoms with Gasteiger partial charge in [0.15, 0.2) is 0 Å². The Balaban J connectivity index is 1.97. The molecule has 3 aromatic heterocycles. The summed E-state index contributed by atoms with van der Waals surface area (Å²) in [6.45, 7) is 7.85. The van der Waals surface area contributed by atoms with Crippen LogP contribution in [-0.4, -0.2) is 26.1 Å². The van der Waals surface area contributed by atoms with Crippen LogP contribution in [0.3, 0.4) is 0 Å². The molecule has 0 saturated carbocycles. The number of carbonyl (C=O) groups is 1. The number of aryl methyl sites for hydroxylation is 1. The van der Waals surface area contributed by atoms with Crippen molar-refractivity contribution in [3.63, 3.8) is 0 Å². The molecule has 0 unspecified atom stereocenters. The van der Waals surface area contributed by atoms with Crippen LogP contribution in [0.5, 0.6) is 0 Å². The Morgan fingerprint density at radius 3 is 2.58 bits per heavy atom. The highest BCUT2D eigenvalue weighted by atomic mass is 35.5. The lowest BCUT2D eigenvalue weighted by Crippen LogP contribution is -2.31. The first-order valence-corrected chi connectivity index (χ1v) is 12.2. The number of carbonyl (C=O) groups excluding carboxylic acids is 1. The first-order valence-electron chi connectivity index (χ1n) is 11.5. The highest BCUT2D eigenvalue weighted by Gasteiger charge is 2.22. The van der Waals surface area contributed by atoms with Crippen molar-refractivity contribution in [1.29, 1.82) is 0 Å². The molecule has 200 valence electrons. The average Bonchev–Trinajstić information content (AvgIpc) is 2.83. The van der Waals surface area contributed by atoms with Gasteiger partial charge in [0, 0.05) is 42.0 Å². The van der Waals surface area contributed by atoms with Crippen LogP contribution in [0.4, 0.5) is 10.1 Å². The summed E-state index contributed by atoms with van der Waals surface area (Å²) in [6, 6.07) is 5.90. The summed E-state index contributed by atoms with van der Waals surface area (Å²) in [5.74, 6) is -0.164. The van der Waals surface area contributed by atoms with Gasteiger partial charge >= 0.3 is 0 Å². The van der Waals surface area contributed by atoms with E-state index in [0.717, 1.165) is 6.07 Å². The number of allylic oxidation sites excluding steroid dienone is 3. The summed E-state index contributed by atoms with van der Waals surface area (Å²) in [5.41, 5.74) is -0.0177. The van der Waals surface area contributed by atoms with Crippen LogP contribution >= 0.6 is 23.2 Å². The number of halogens is 3. The second-order valence-corrected chi connectivity index (χ2v) is 10.0. The Bertz CT molecular complexity index is 1470. The predicted molar refractivity (Wildman–Crippen MR) is 145 cm³/mol. The van der Waals surface area contributed by atoms with E-state index in [1.807, 2.05) is 0 Å². The molecule has 0 aliphatic rings. The van der Waals surface area contributed by atoms with Crippen molar-refractivity contribution in [2.45, 2.75) is 46.8 Å². The molecule has 38 heavy (non-hydrogen) atoms. The van der Waals surface area contributed by atoms with E-state index in [0.29, 0.717) is 23.4 Å². The van der Waals surface area contributed by atoms with Crippen molar-refractivity contribution < 1.29 is 19.0 Å². The summed E-state index contributed by atoms with van der Waals surface area (Å²) in [5, 5.41) is 10.8. The molecule has 3 heterocycles. The Kier molecular flexibility index (Phi) is 9.09. The monoisotopic (exact) mass is 560 g/mol. The van der Waals surface area contributed by atoms with E-state index < -0.39 is 17.0 Å². The third-order valence-electron chi connectivity index (χ3n) is 5.59. The summed E-state index contributed by atoms with van der Waals surface area (Å²) in [6.07, 6.45) is 6.51. The van der Waals surface area contributed by atoms with Gasteiger partial charge in [-0.15, -0.1) is 0 Å². The van der Waals surface area contributed by atoms with Crippen molar-refractivity contribution >= 4 is 35.3 Å². The number of ether oxygens (including phenoxy) is 1. The minimum absolute atomic E-state index is 0.0384. The lowest BCUT2D eigenvalue weighted by atomic mass is 10.0. The topological polar surface area (TPSA) is 97.5 Å². The minimum Gasteiger partial charge on any atom is -0.486 e. The third kappa shape index (κ3) is 6.66. The predicted octanol–water partition coefficient (Wildman–Crippen LogP) is 5.51. The number of nitrogens with zero attached hydrogens (tertiary/aromatic N) is 4. The smallest absolute Gasteiger partial charge is 0.262 e. The molecule has 0 aliphatic heterocycles. The molecule has 1 amide bonds. The first kappa shape index (κ1) is 29.0. The number of hydrogen-bond donors (Lipinski definition) is 1. The van der Waals surface area contributed by atoms with Gasteiger partial charge in [-0.3, -0.25) is 24.0 Å². The number of pyridine rings is 3. The fraction of sp³-hybridized carbons (Fsp3) is 0.259. The maximum atomic E-state index is 14.1. The van der Waals surface area contributed by atoms with E-state index in [1.165, 1.54) is 48.0 Å². The highest BCUT2D eigenvalue weighted by Crippen LogP contribution is 2.26. The number of anilines is 1. The zero-order valence-corrected chi connectivity index (χ0v) is 23.0. The Morgan fingerprint density at radius 1 is 1.26 bits per heavy atom. The maximum absolute atomic E-state index is 14.1. The Morgan fingerprint density at radius 2 is 1.97 bits per heavy atom. The van der Waals surface area contributed by atoms with E-state index >= 15 is 0 Å². The number of aromatic nitrogens is 3. The summed E-state index contributed by atoms with van der Waals surface area (Å²) >= 11 is 12.0. The summed E-state index contributed by atoms with van der Waals surface area (Å²) < 4.78 is 21.1. The lowest BCUT2D eigenvalue weighted by Gasteiger charge is -2.22. The van der Waals surface area contributed by atoms with E-state index in [4.69, 9.17) is 27.9 Å².